The van der Waals surface area contributed by atoms with Crippen LogP contribution in [0, 0.1) is 5.41 Å². The van der Waals surface area contributed by atoms with E-state index in [2.05, 4.69) is 89.2 Å². The Labute approximate surface area is 190 Å². The van der Waals surface area contributed by atoms with Gasteiger partial charge < -0.3 is 24.8 Å². The van der Waals surface area contributed by atoms with Crippen molar-refractivity contribution in [3.05, 3.63) is 74.6 Å². The summed E-state index contributed by atoms with van der Waals surface area (Å²) in [6.45, 7) is 11.8. The maximum atomic E-state index is 2.56. The summed E-state index contributed by atoms with van der Waals surface area (Å²) in [4.78, 5) is 0. The zero-order valence-electron chi connectivity index (χ0n) is 17.4. The van der Waals surface area contributed by atoms with Gasteiger partial charge in [-0.1, -0.05) is 0 Å². The molecular formula is C25H28Cl2Zr. The maximum Gasteiger partial charge on any atom is -1.00 e. The minimum Gasteiger partial charge on any atom is -1.00 e. The van der Waals surface area contributed by atoms with Crippen LogP contribution in [0.15, 0.2) is 63.5 Å². The zero-order chi connectivity index (χ0) is 18.5. The number of hydrogen-bond acceptors (Lipinski definition) is 0. The largest absolute Gasteiger partial charge is 1.00 e. The van der Waals surface area contributed by atoms with Crippen LogP contribution in [0.5, 0.6) is 0 Å². The average molecular weight is 491 g/mol. The summed E-state index contributed by atoms with van der Waals surface area (Å²) in [6.07, 6.45) is 7.33. The van der Waals surface area contributed by atoms with Gasteiger partial charge in [-0.15, -0.1) is 0 Å². The zero-order valence-corrected chi connectivity index (χ0v) is 21.3. The molecule has 0 heterocycles. The molecule has 2 aromatic rings. The van der Waals surface area contributed by atoms with Crippen molar-refractivity contribution >= 4 is 6.48 Å². The minimum atomic E-state index is -1.99. The predicted molar refractivity (Wildman–Crippen MR) is 111 cm³/mol. The van der Waals surface area contributed by atoms with E-state index in [-0.39, 0.29) is 30.2 Å². The van der Waals surface area contributed by atoms with Crippen LogP contribution in [-0.2, 0) is 27.7 Å². The van der Waals surface area contributed by atoms with Gasteiger partial charge >= 0.3 is 166 Å². The van der Waals surface area contributed by atoms with Gasteiger partial charge in [0.15, 0.2) is 0 Å². The molecule has 0 unspecified atom stereocenters. The predicted octanol–water partition coefficient (Wildman–Crippen LogP) is -0.0184. The molecule has 0 N–H and O–H groups in total. The molecule has 0 nitrogen and oxygen atoms in total. The van der Waals surface area contributed by atoms with Gasteiger partial charge in [-0.2, -0.15) is 0 Å². The molecule has 2 aromatic carbocycles. The number of halogens is 2. The van der Waals surface area contributed by atoms with Gasteiger partial charge in [0.05, 0.1) is 0 Å². The van der Waals surface area contributed by atoms with E-state index >= 15 is 0 Å². The first-order valence-electron chi connectivity index (χ1n) is 9.66. The molecule has 0 aromatic heterocycles. The molecular weight excluding hydrogens is 462 g/mol. The van der Waals surface area contributed by atoms with Crippen molar-refractivity contribution in [1.29, 1.82) is 0 Å². The van der Waals surface area contributed by atoms with E-state index in [9.17, 15) is 0 Å². The summed E-state index contributed by atoms with van der Waals surface area (Å²) in [6, 6.07) is 16.0. The van der Waals surface area contributed by atoms with E-state index in [4.69, 9.17) is 0 Å². The fourth-order valence-electron chi connectivity index (χ4n) is 4.38. The standard InChI is InChI=1S/C13H9.C9H13.C3H6.2ClH.Zr/c1-3-7-12-10(5-1)9-11-6-2-4-8-13(11)12;1-9(2,3)8-6-4-5-7-8;1-3-2;;;/h1-5,7-8H,9H2;6-7H,4H2,1-3H3;1-2H3;2*1H;/q;;;;;+2/p-2. The molecule has 4 rings (SSSR count). The van der Waals surface area contributed by atoms with Crippen molar-refractivity contribution in [3.8, 4) is 11.1 Å². The summed E-state index contributed by atoms with van der Waals surface area (Å²) in [7, 11) is 0. The van der Waals surface area contributed by atoms with Gasteiger partial charge in [-0.05, 0) is 0 Å². The summed E-state index contributed by atoms with van der Waals surface area (Å²) >= 11 is -1.99. The molecule has 0 fully saturated rings. The third kappa shape index (κ3) is 4.23. The second kappa shape index (κ2) is 8.95. The van der Waals surface area contributed by atoms with Crippen molar-refractivity contribution in [2.24, 2.45) is 5.41 Å². The molecule has 2 aliphatic rings. The molecule has 28 heavy (non-hydrogen) atoms. The van der Waals surface area contributed by atoms with Crippen LogP contribution in [0.1, 0.15) is 52.2 Å². The third-order valence-corrected chi connectivity index (χ3v) is 13.0. The number of allylic oxidation sites excluding steroid dienone is 4. The van der Waals surface area contributed by atoms with Crippen molar-refractivity contribution in [3.63, 3.8) is 0 Å². The molecule has 0 spiro atoms. The Balaban J connectivity index is 0.00000140. The number of benzene rings is 2. The van der Waals surface area contributed by atoms with Crippen LogP contribution in [0.2, 0.25) is 0 Å². The Morgan fingerprint density at radius 1 is 0.893 bits per heavy atom. The third-order valence-electron chi connectivity index (χ3n) is 5.68. The number of hydrogen-bond donors (Lipinski definition) is 0. The summed E-state index contributed by atoms with van der Waals surface area (Å²) < 4.78 is 5.14. The Kier molecular flexibility index (Phi) is 7.52. The van der Waals surface area contributed by atoms with Crippen molar-refractivity contribution in [2.45, 2.75) is 47.5 Å². The molecule has 2 aliphatic carbocycles. The SMILES string of the molecule is C[C](C)=[Zr+2]([C]1=CC(C(C)(C)C)=CC1)[c]1cccc2c1Cc1ccccc1-2.[Cl-].[Cl-]. The Morgan fingerprint density at radius 3 is 2.21 bits per heavy atom. The van der Waals surface area contributed by atoms with E-state index in [0.29, 0.717) is 0 Å². The van der Waals surface area contributed by atoms with Crippen LogP contribution in [0.3, 0.4) is 0 Å². The second-order valence-electron chi connectivity index (χ2n) is 8.82. The molecule has 0 aliphatic heterocycles. The van der Waals surface area contributed by atoms with Crippen molar-refractivity contribution < 1.29 is 46.1 Å². The number of rotatable bonds is 2. The second-order valence-corrected chi connectivity index (χ2v) is 16.0. The van der Waals surface area contributed by atoms with E-state index < -0.39 is 21.3 Å². The Morgan fingerprint density at radius 2 is 1.57 bits per heavy atom. The van der Waals surface area contributed by atoms with Crippen LogP contribution >= 0.6 is 0 Å². The molecule has 0 amide bonds. The molecule has 0 radical (unpaired) electrons. The molecule has 0 saturated carbocycles. The summed E-state index contributed by atoms with van der Waals surface area (Å²) in [5.41, 5.74) is 7.85. The summed E-state index contributed by atoms with van der Waals surface area (Å²) in [5, 5.41) is 0. The smallest absolute Gasteiger partial charge is 1.00 e. The normalized spacial score (nSPS) is 13.9. The number of fused-ring (bicyclic) bond motifs is 3. The van der Waals surface area contributed by atoms with E-state index in [1.165, 1.54) is 28.7 Å². The maximum absolute atomic E-state index is 2.56. The first kappa shape index (κ1) is 23.5. The Bertz CT molecular complexity index is 984. The fourth-order valence-corrected chi connectivity index (χ4v) is 11.6. The first-order chi connectivity index (χ1) is 12.4. The van der Waals surface area contributed by atoms with Gasteiger partial charge in [-0.3, -0.25) is 0 Å². The molecule has 0 bridgehead atoms. The van der Waals surface area contributed by atoms with E-state index in [1.54, 1.807) is 15.3 Å². The van der Waals surface area contributed by atoms with E-state index in [1.807, 2.05) is 0 Å². The first-order valence-corrected chi connectivity index (χ1v) is 13.3. The quantitative estimate of drug-likeness (QED) is 0.474. The Hall–Kier alpha value is -0.747. The van der Waals surface area contributed by atoms with Crippen LogP contribution in [0.25, 0.3) is 11.1 Å². The topological polar surface area (TPSA) is 0 Å². The molecule has 0 atom stereocenters. The van der Waals surface area contributed by atoms with Gasteiger partial charge in [-0.25, -0.2) is 0 Å². The molecule has 146 valence electrons. The van der Waals surface area contributed by atoms with Gasteiger partial charge in [0, 0.05) is 0 Å². The summed E-state index contributed by atoms with van der Waals surface area (Å²) in [5.74, 6) is 0. The van der Waals surface area contributed by atoms with Gasteiger partial charge in [0.25, 0.3) is 0 Å². The molecule has 3 heteroatoms. The van der Waals surface area contributed by atoms with Gasteiger partial charge in [0.2, 0.25) is 0 Å². The van der Waals surface area contributed by atoms with Crippen LogP contribution in [0.4, 0.5) is 0 Å². The minimum absolute atomic E-state index is 0. The van der Waals surface area contributed by atoms with Gasteiger partial charge in [0.1, 0.15) is 0 Å². The van der Waals surface area contributed by atoms with Crippen LogP contribution in [-0.4, -0.2) is 3.21 Å². The fraction of sp³-hybridized carbons (Fsp3) is 0.320. The van der Waals surface area contributed by atoms with E-state index in [0.717, 1.165) is 6.42 Å². The molecule has 0 saturated heterocycles. The van der Waals surface area contributed by atoms with Crippen molar-refractivity contribution in [1.82, 2.24) is 0 Å². The average Bonchev–Trinajstić information content (AvgIpc) is 3.20. The van der Waals surface area contributed by atoms with Crippen LogP contribution < -0.4 is 28.1 Å². The monoisotopic (exact) mass is 488 g/mol. The van der Waals surface area contributed by atoms with Crippen molar-refractivity contribution in [2.75, 3.05) is 0 Å².